The SMILES string of the molecule is CCNC(C(C)(C)C)C(C)(C)S(C)(=O)=O. The largest absolute Gasteiger partial charge is 0.312 e. The maximum absolute atomic E-state index is 11.8. The van der Waals surface area contributed by atoms with Crippen LogP contribution in [0, 0.1) is 5.41 Å². The van der Waals surface area contributed by atoms with Gasteiger partial charge in [0.2, 0.25) is 0 Å². The van der Waals surface area contributed by atoms with E-state index in [1.807, 2.05) is 6.92 Å². The lowest BCUT2D eigenvalue weighted by Gasteiger charge is -2.42. The van der Waals surface area contributed by atoms with E-state index >= 15 is 0 Å². The number of hydrogen-bond donors (Lipinski definition) is 1. The van der Waals surface area contributed by atoms with Gasteiger partial charge >= 0.3 is 0 Å². The van der Waals surface area contributed by atoms with Gasteiger partial charge in [0.15, 0.2) is 9.84 Å². The summed E-state index contributed by atoms with van der Waals surface area (Å²) in [4.78, 5) is 0. The summed E-state index contributed by atoms with van der Waals surface area (Å²) >= 11 is 0. The van der Waals surface area contributed by atoms with Crippen molar-refractivity contribution >= 4 is 9.84 Å². The molecule has 0 rings (SSSR count). The molecule has 15 heavy (non-hydrogen) atoms. The Morgan fingerprint density at radius 3 is 1.73 bits per heavy atom. The maximum Gasteiger partial charge on any atom is 0.154 e. The number of sulfone groups is 1. The van der Waals surface area contributed by atoms with Gasteiger partial charge in [-0.3, -0.25) is 0 Å². The summed E-state index contributed by atoms with van der Waals surface area (Å²) in [6.07, 6.45) is 1.31. The van der Waals surface area contributed by atoms with E-state index in [2.05, 4.69) is 26.1 Å². The molecule has 0 spiro atoms. The molecule has 0 saturated heterocycles. The zero-order chi connectivity index (χ0) is 12.5. The van der Waals surface area contributed by atoms with Crippen LogP contribution in [0.1, 0.15) is 41.5 Å². The molecule has 0 amide bonds. The highest BCUT2D eigenvalue weighted by Crippen LogP contribution is 2.32. The number of rotatable bonds is 4. The van der Waals surface area contributed by atoms with E-state index in [1.165, 1.54) is 6.26 Å². The highest BCUT2D eigenvalue weighted by molar-refractivity contribution is 7.92. The third kappa shape index (κ3) is 3.45. The summed E-state index contributed by atoms with van der Waals surface area (Å²) in [5.41, 5.74) is -0.0808. The predicted octanol–water partition coefficient (Wildman–Crippen LogP) is 1.83. The fourth-order valence-corrected chi connectivity index (χ4v) is 2.88. The Bertz CT molecular complexity index is 299. The fourth-order valence-electron chi connectivity index (χ4n) is 2.01. The van der Waals surface area contributed by atoms with Crippen molar-refractivity contribution in [3.63, 3.8) is 0 Å². The molecule has 0 bridgehead atoms. The van der Waals surface area contributed by atoms with Crippen molar-refractivity contribution in [3.05, 3.63) is 0 Å². The third-order valence-electron chi connectivity index (χ3n) is 2.93. The van der Waals surface area contributed by atoms with Crippen LogP contribution < -0.4 is 5.32 Å². The molecule has 1 N–H and O–H groups in total. The molecular weight excluding hydrogens is 210 g/mol. The lowest BCUT2D eigenvalue weighted by molar-refractivity contribution is 0.227. The fraction of sp³-hybridized carbons (Fsp3) is 1.00. The monoisotopic (exact) mass is 235 g/mol. The normalized spacial score (nSPS) is 16.5. The van der Waals surface area contributed by atoms with Crippen LogP contribution >= 0.6 is 0 Å². The zero-order valence-corrected chi connectivity index (χ0v) is 11.8. The molecule has 0 fully saturated rings. The van der Waals surface area contributed by atoms with Crippen molar-refractivity contribution in [3.8, 4) is 0 Å². The summed E-state index contributed by atoms with van der Waals surface area (Å²) in [7, 11) is -3.07. The molecule has 0 saturated carbocycles. The van der Waals surface area contributed by atoms with Gasteiger partial charge in [-0.05, 0) is 25.8 Å². The minimum absolute atomic E-state index is 0.0509. The van der Waals surface area contributed by atoms with Crippen molar-refractivity contribution in [1.82, 2.24) is 5.32 Å². The Kier molecular flexibility index (Phi) is 4.39. The summed E-state index contributed by atoms with van der Waals surface area (Å²) in [5, 5.41) is 3.29. The predicted molar refractivity (Wildman–Crippen MR) is 65.8 cm³/mol. The van der Waals surface area contributed by atoms with Crippen LogP contribution in [0.2, 0.25) is 0 Å². The Labute approximate surface area is 94.6 Å². The molecule has 0 aromatic heterocycles. The average Bonchev–Trinajstić information content (AvgIpc) is 1.95. The quantitative estimate of drug-likeness (QED) is 0.808. The van der Waals surface area contributed by atoms with Gasteiger partial charge in [0.1, 0.15) is 0 Å². The topological polar surface area (TPSA) is 46.2 Å². The summed E-state index contributed by atoms with van der Waals surface area (Å²) in [6, 6.07) is -0.0509. The lowest BCUT2D eigenvalue weighted by Crippen LogP contribution is -2.57. The highest BCUT2D eigenvalue weighted by atomic mass is 32.2. The third-order valence-corrected chi connectivity index (χ3v) is 5.07. The van der Waals surface area contributed by atoms with Gasteiger partial charge in [0.05, 0.1) is 4.75 Å². The van der Waals surface area contributed by atoms with E-state index in [-0.39, 0.29) is 11.5 Å². The standard InChI is InChI=1S/C11H25NO2S/c1-8-12-9(10(2,3)4)11(5,6)15(7,13)14/h9,12H,8H2,1-7H3. The molecular formula is C11H25NO2S. The molecule has 0 aromatic carbocycles. The Balaban J connectivity index is 5.27. The summed E-state index contributed by atoms with van der Waals surface area (Å²) in [6.45, 7) is 12.5. The van der Waals surface area contributed by atoms with Gasteiger partial charge < -0.3 is 5.32 Å². The number of hydrogen-bond acceptors (Lipinski definition) is 3. The van der Waals surface area contributed by atoms with Crippen molar-refractivity contribution in [2.24, 2.45) is 5.41 Å². The van der Waals surface area contributed by atoms with Crippen LogP contribution in [-0.2, 0) is 9.84 Å². The second kappa shape index (κ2) is 4.42. The van der Waals surface area contributed by atoms with Crippen LogP contribution in [0.25, 0.3) is 0 Å². The van der Waals surface area contributed by atoms with Crippen LogP contribution in [-0.4, -0.2) is 32.0 Å². The molecule has 0 aliphatic heterocycles. The van der Waals surface area contributed by atoms with E-state index < -0.39 is 14.6 Å². The molecule has 0 radical (unpaired) electrons. The smallest absolute Gasteiger partial charge is 0.154 e. The molecule has 92 valence electrons. The molecule has 0 aliphatic rings. The van der Waals surface area contributed by atoms with E-state index in [9.17, 15) is 8.42 Å². The first-order chi connectivity index (χ1) is 6.44. The van der Waals surface area contributed by atoms with Crippen LogP contribution in [0.3, 0.4) is 0 Å². The second-order valence-electron chi connectivity index (χ2n) is 5.73. The molecule has 3 nitrogen and oxygen atoms in total. The minimum Gasteiger partial charge on any atom is -0.312 e. The van der Waals surface area contributed by atoms with Crippen molar-refractivity contribution < 1.29 is 8.42 Å². The molecule has 4 heteroatoms. The average molecular weight is 235 g/mol. The molecule has 0 aromatic rings. The number of nitrogens with one attached hydrogen (secondary N) is 1. The van der Waals surface area contributed by atoms with Gasteiger partial charge in [-0.2, -0.15) is 0 Å². The first-order valence-corrected chi connectivity index (χ1v) is 7.26. The Morgan fingerprint density at radius 2 is 1.53 bits per heavy atom. The van der Waals surface area contributed by atoms with Gasteiger partial charge in [-0.25, -0.2) is 8.42 Å². The Hall–Kier alpha value is -0.0900. The van der Waals surface area contributed by atoms with Gasteiger partial charge in [0, 0.05) is 12.3 Å². The van der Waals surface area contributed by atoms with Crippen molar-refractivity contribution in [1.29, 1.82) is 0 Å². The molecule has 1 atom stereocenters. The maximum atomic E-state index is 11.8. The van der Waals surface area contributed by atoms with Crippen molar-refractivity contribution in [2.45, 2.75) is 52.3 Å². The first-order valence-electron chi connectivity index (χ1n) is 5.37. The van der Waals surface area contributed by atoms with Crippen molar-refractivity contribution in [2.75, 3.05) is 12.8 Å². The van der Waals surface area contributed by atoms with Gasteiger partial charge in [-0.15, -0.1) is 0 Å². The summed E-state index contributed by atoms with van der Waals surface area (Å²) in [5.74, 6) is 0. The minimum atomic E-state index is -3.07. The van der Waals surface area contributed by atoms with E-state index in [0.29, 0.717) is 0 Å². The van der Waals surface area contributed by atoms with E-state index in [4.69, 9.17) is 0 Å². The first kappa shape index (κ1) is 14.9. The van der Waals surface area contributed by atoms with E-state index in [0.717, 1.165) is 6.54 Å². The second-order valence-corrected chi connectivity index (χ2v) is 8.33. The van der Waals surface area contributed by atoms with Gasteiger partial charge in [-0.1, -0.05) is 27.7 Å². The van der Waals surface area contributed by atoms with Crippen LogP contribution in [0.4, 0.5) is 0 Å². The molecule has 1 unspecified atom stereocenters. The lowest BCUT2D eigenvalue weighted by atomic mass is 9.79. The van der Waals surface area contributed by atoms with Gasteiger partial charge in [0.25, 0.3) is 0 Å². The van der Waals surface area contributed by atoms with Crippen LogP contribution in [0.5, 0.6) is 0 Å². The van der Waals surface area contributed by atoms with Crippen LogP contribution in [0.15, 0.2) is 0 Å². The zero-order valence-electron chi connectivity index (χ0n) is 11.0. The highest BCUT2D eigenvalue weighted by Gasteiger charge is 2.44. The van der Waals surface area contributed by atoms with E-state index in [1.54, 1.807) is 13.8 Å². The summed E-state index contributed by atoms with van der Waals surface area (Å²) < 4.78 is 22.8. The Morgan fingerprint density at radius 1 is 1.13 bits per heavy atom. The molecule has 0 heterocycles. The molecule has 0 aliphatic carbocycles.